The van der Waals surface area contributed by atoms with Crippen LogP contribution in [0, 0.1) is 0 Å². The van der Waals surface area contributed by atoms with Gasteiger partial charge in [-0.1, -0.05) is 51.5 Å². The molecule has 0 bridgehead atoms. The fourth-order valence-electron chi connectivity index (χ4n) is 2.16. The van der Waals surface area contributed by atoms with E-state index in [1.54, 1.807) is 6.07 Å². The van der Waals surface area contributed by atoms with Gasteiger partial charge in [-0.15, -0.1) is 0 Å². The zero-order chi connectivity index (χ0) is 14.4. The van der Waals surface area contributed by atoms with Gasteiger partial charge in [0.2, 0.25) is 4.96 Å². The molecule has 0 saturated carbocycles. The SMILES string of the molecule is O=c1c2ccccc2nc2sc(-c3ccc(Br)cc3)nn12. The van der Waals surface area contributed by atoms with Crippen LogP contribution < -0.4 is 5.56 Å². The molecule has 6 heteroatoms. The largest absolute Gasteiger partial charge is 0.283 e. The van der Waals surface area contributed by atoms with Crippen molar-refractivity contribution in [1.29, 1.82) is 0 Å². The van der Waals surface area contributed by atoms with Crippen LogP contribution in [0.3, 0.4) is 0 Å². The first-order valence-electron chi connectivity index (χ1n) is 6.27. The summed E-state index contributed by atoms with van der Waals surface area (Å²) < 4.78 is 2.39. The summed E-state index contributed by atoms with van der Waals surface area (Å²) in [5.74, 6) is 0. The molecular weight excluding hydrogens is 350 g/mol. The van der Waals surface area contributed by atoms with E-state index >= 15 is 0 Å². The van der Waals surface area contributed by atoms with Crippen molar-refractivity contribution in [3.63, 3.8) is 0 Å². The molecule has 0 aliphatic heterocycles. The van der Waals surface area contributed by atoms with Crippen LogP contribution in [0.1, 0.15) is 0 Å². The lowest BCUT2D eigenvalue weighted by Crippen LogP contribution is -2.14. The Kier molecular flexibility index (Phi) is 2.87. The quantitative estimate of drug-likeness (QED) is 0.521. The number of hydrogen-bond donors (Lipinski definition) is 0. The molecule has 0 amide bonds. The molecule has 0 saturated heterocycles. The maximum atomic E-state index is 12.4. The van der Waals surface area contributed by atoms with E-state index in [2.05, 4.69) is 26.0 Å². The van der Waals surface area contributed by atoms with Gasteiger partial charge < -0.3 is 0 Å². The minimum atomic E-state index is -0.129. The van der Waals surface area contributed by atoms with Gasteiger partial charge in [0.15, 0.2) is 0 Å². The smallest absolute Gasteiger partial charge is 0.267 e. The predicted octanol–water partition coefficient (Wildman–Crippen LogP) is 3.73. The van der Waals surface area contributed by atoms with Crippen molar-refractivity contribution >= 4 is 43.1 Å². The van der Waals surface area contributed by atoms with E-state index < -0.39 is 0 Å². The number of rotatable bonds is 1. The molecule has 4 nitrogen and oxygen atoms in total. The number of fused-ring (bicyclic) bond motifs is 2. The Bertz CT molecular complexity index is 1020. The molecule has 102 valence electrons. The number of halogens is 1. The van der Waals surface area contributed by atoms with Crippen molar-refractivity contribution < 1.29 is 0 Å². The highest BCUT2D eigenvalue weighted by molar-refractivity contribution is 9.10. The third-order valence-corrected chi connectivity index (χ3v) is 4.68. The van der Waals surface area contributed by atoms with E-state index in [0.29, 0.717) is 15.9 Å². The highest BCUT2D eigenvalue weighted by Gasteiger charge is 2.11. The lowest BCUT2D eigenvalue weighted by molar-refractivity contribution is 0.919. The minimum Gasteiger partial charge on any atom is -0.267 e. The molecule has 0 spiro atoms. The summed E-state index contributed by atoms with van der Waals surface area (Å²) in [4.78, 5) is 17.6. The lowest BCUT2D eigenvalue weighted by Gasteiger charge is -1.95. The number of para-hydroxylation sites is 1. The topological polar surface area (TPSA) is 47.3 Å². The molecule has 0 fully saturated rings. The summed E-state index contributed by atoms with van der Waals surface area (Å²) in [6.07, 6.45) is 0. The van der Waals surface area contributed by atoms with E-state index in [-0.39, 0.29) is 5.56 Å². The summed E-state index contributed by atoms with van der Waals surface area (Å²) in [5, 5.41) is 5.77. The summed E-state index contributed by atoms with van der Waals surface area (Å²) in [6, 6.07) is 15.2. The standard InChI is InChI=1S/C15H8BrN3OS/c16-10-7-5-9(6-8-10)13-18-19-14(20)11-3-1-2-4-12(11)17-15(19)21-13/h1-8H. The summed E-state index contributed by atoms with van der Waals surface area (Å²) in [6.45, 7) is 0. The second-order valence-corrected chi connectivity index (χ2v) is 6.41. The second-order valence-electron chi connectivity index (χ2n) is 4.54. The average molecular weight is 358 g/mol. The monoisotopic (exact) mass is 357 g/mol. The van der Waals surface area contributed by atoms with Crippen LogP contribution in [-0.4, -0.2) is 14.6 Å². The Labute approximate surface area is 131 Å². The van der Waals surface area contributed by atoms with E-state index in [9.17, 15) is 4.79 Å². The summed E-state index contributed by atoms with van der Waals surface area (Å²) in [7, 11) is 0. The van der Waals surface area contributed by atoms with Gasteiger partial charge in [-0.3, -0.25) is 4.79 Å². The molecule has 2 heterocycles. The molecule has 4 aromatic rings. The van der Waals surface area contributed by atoms with Crippen molar-refractivity contribution in [3.05, 3.63) is 63.4 Å². The van der Waals surface area contributed by atoms with Gasteiger partial charge in [0.1, 0.15) is 5.01 Å². The Balaban J connectivity index is 2.01. The van der Waals surface area contributed by atoms with Crippen molar-refractivity contribution in [1.82, 2.24) is 14.6 Å². The van der Waals surface area contributed by atoms with Gasteiger partial charge in [0.05, 0.1) is 10.9 Å². The number of nitrogens with zero attached hydrogens (tertiary/aromatic N) is 3. The molecule has 0 aliphatic carbocycles. The predicted molar refractivity (Wildman–Crippen MR) is 87.8 cm³/mol. The average Bonchev–Trinajstić information content (AvgIpc) is 2.92. The van der Waals surface area contributed by atoms with Crippen LogP contribution in [0.25, 0.3) is 26.4 Å². The van der Waals surface area contributed by atoms with Crippen molar-refractivity contribution in [2.24, 2.45) is 0 Å². The van der Waals surface area contributed by atoms with Gasteiger partial charge in [-0.05, 0) is 24.3 Å². The molecular formula is C15H8BrN3OS. The summed E-state index contributed by atoms with van der Waals surface area (Å²) in [5.41, 5.74) is 1.54. The first-order chi connectivity index (χ1) is 10.2. The fourth-order valence-corrected chi connectivity index (χ4v) is 3.33. The zero-order valence-electron chi connectivity index (χ0n) is 10.7. The van der Waals surface area contributed by atoms with Crippen molar-refractivity contribution in [2.75, 3.05) is 0 Å². The van der Waals surface area contributed by atoms with E-state index in [0.717, 1.165) is 15.0 Å². The molecule has 0 aliphatic rings. The van der Waals surface area contributed by atoms with Crippen LogP contribution in [0.4, 0.5) is 0 Å². The molecule has 4 rings (SSSR count). The normalized spacial score (nSPS) is 11.3. The molecule has 2 aromatic carbocycles. The van der Waals surface area contributed by atoms with Crippen molar-refractivity contribution in [3.8, 4) is 10.6 Å². The Hall–Kier alpha value is -2.05. The first-order valence-corrected chi connectivity index (χ1v) is 7.88. The van der Waals surface area contributed by atoms with Crippen molar-refractivity contribution in [2.45, 2.75) is 0 Å². The molecule has 0 N–H and O–H groups in total. The third-order valence-electron chi connectivity index (χ3n) is 3.19. The summed E-state index contributed by atoms with van der Waals surface area (Å²) >= 11 is 4.82. The van der Waals surface area contributed by atoms with Crippen LogP contribution in [0.5, 0.6) is 0 Å². The highest BCUT2D eigenvalue weighted by atomic mass is 79.9. The van der Waals surface area contributed by atoms with Gasteiger partial charge in [0.25, 0.3) is 5.56 Å². The van der Waals surface area contributed by atoms with E-state index in [4.69, 9.17) is 0 Å². The fraction of sp³-hybridized carbons (Fsp3) is 0. The van der Waals surface area contributed by atoms with Gasteiger partial charge in [0, 0.05) is 10.0 Å². The molecule has 21 heavy (non-hydrogen) atoms. The Morgan fingerprint density at radius 2 is 1.81 bits per heavy atom. The van der Waals surface area contributed by atoms with Crippen LogP contribution in [0.2, 0.25) is 0 Å². The number of aromatic nitrogens is 3. The minimum absolute atomic E-state index is 0.129. The second kappa shape index (κ2) is 4.75. The van der Waals surface area contributed by atoms with E-state index in [1.807, 2.05) is 42.5 Å². The number of hydrogen-bond acceptors (Lipinski definition) is 4. The van der Waals surface area contributed by atoms with Crippen LogP contribution >= 0.6 is 27.3 Å². The molecule has 0 atom stereocenters. The first kappa shape index (κ1) is 12.7. The van der Waals surface area contributed by atoms with Gasteiger partial charge in [-0.25, -0.2) is 4.98 Å². The van der Waals surface area contributed by atoms with Crippen LogP contribution in [0.15, 0.2) is 57.8 Å². The lowest BCUT2D eigenvalue weighted by atomic mass is 10.2. The Morgan fingerprint density at radius 3 is 2.62 bits per heavy atom. The molecule has 0 unspecified atom stereocenters. The Morgan fingerprint density at radius 1 is 1.05 bits per heavy atom. The van der Waals surface area contributed by atoms with Crippen LogP contribution in [-0.2, 0) is 0 Å². The maximum absolute atomic E-state index is 12.4. The van der Waals surface area contributed by atoms with E-state index in [1.165, 1.54) is 15.9 Å². The van der Waals surface area contributed by atoms with Gasteiger partial charge >= 0.3 is 0 Å². The molecule has 2 aromatic heterocycles. The maximum Gasteiger partial charge on any atom is 0.283 e. The highest BCUT2D eigenvalue weighted by Crippen LogP contribution is 2.26. The third kappa shape index (κ3) is 2.07. The molecule has 0 radical (unpaired) electrons. The van der Waals surface area contributed by atoms with Gasteiger partial charge in [-0.2, -0.15) is 9.61 Å². The zero-order valence-corrected chi connectivity index (χ0v) is 13.1. The number of benzene rings is 2.